The quantitative estimate of drug-likeness (QED) is 0.427. The lowest BCUT2D eigenvalue weighted by Crippen LogP contribution is -2.37. The molecule has 0 atom stereocenters. The summed E-state index contributed by atoms with van der Waals surface area (Å²) >= 11 is 0. The fourth-order valence-corrected chi connectivity index (χ4v) is 1.23. The molecule has 1 aromatic rings. The number of nitrogens with one attached hydrogen (secondary N) is 1. The van der Waals surface area contributed by atoms with Crippen LogP contribution in [0.2, 0.25) is 0 Å². The number of rotatable bonds is 8. The van der Waals surface area contributed by atoms with Crippen LogP contribution in [0.1, 0.15) is 19.8 Å². The largest absolute Gasteiger partial charge is 0.497 e. The smallest absolute Gasteiger partial charge is 0.230 e. The molecule has 0 aliphatic rings. The maximum Gasteiger partial charge on any atom is 0.230 e. The highest BCUT2D eigenvalue weighted by Gasteiger charge is 2.05. The van der Waals surface area contributed by atoms with Crippen LogP contribution in [0, 0.1) is 0 Å². The second-order valence-corrected chi connectivity index (χ2v) is 3.47. The summed E-state index contributed by atoms with van der Waals surface area (Å²) in [6, 6.07) is 7.14. The molecule has 0 unspecified atom stereocenters. The molecule has 0 bridgehead atoms. The van der Waals surface area contributed by atoms with Crippen molar-refractivity contribution in [3.63, 3.8) is 0 Å². The minimum absolute atomic E-state index is 0.560. The van der Waals surface area contributed by atoms with E-state index in [0.717, 1.165) is 12.8 Å². The first-order valence-electron chi connectivity index (χ1n) is 5.57. The van der Waals surface area contributed by atoms with E-state index in [1.54, 1.807) is 25.3 Å². The summed E-state index contributed by atoms with van der Waals surface area (Å²) in [7, 11) is 1.58. The van der Waals surface area contributed by atoms with Gasteiger partial charge in [0.05, 0.1) is 19.4 Å². The van der Waals surface area contributed by atoms with Gasteiger partial charge in [0.2, 0.25) is 6.41 Å². The predicted octanol–water partition coefficient (Wildman–Crippen LogP) is 1.89. The van der Waals surface area contributed by atoms with Crippen molar-refractivity contribution in [1.82, 2.24) is 5.59 Å². The summed E-state index contributed by atoms with van der Waals surface area (Å²) in [6.07, 6.45) is 2.64. The van der Waals surface area contributed by atoms with E-state index in [9.17, 15) is 4.79 Å². The first kappa shape index (κ1) is 13.5. The molecule has 0 saturated heterocycles. The normalized spacial score (nSPS) is 10.0. The number of ether oxygens (including phenoxy) is 1. The summed E-state index contributed by atoms with van der Waals surface area (Å²) in [5, 5.41) is 1.26. The average Bonchev–Trinajstić information content (AvgIpc) is 2.39. The van der Waals surface area contributed by atoms with Crippen molar-refractivity contribution in [1.29, 1.82) is 0 Å². The van der Waals surface area contributed by atoms with Crippen LogP contribution in [-0.2, 0) is 9.63 Å². The van der Waals surface area contributed by atoms with Crippen LogP contribution in [0.4, 0.5) is 5.69 Å². The summed E-state index contributed by atoms with van der Waals surface area (Å²) in [5.74, 6) is 0.685. The second-order valence-electron chi connectivity index (χ2n) is 3.47. The van der Waals surface area contributed by atoms with E-state index < -0.39 is 0 Å². The number of anilines is 1. The fraction of sp³-hybridized carbons (Fsp3) is 0.417. The molecule has 0 saturated carbocycles. The molecule has 1 amide bonds. The Morgan fingerprint density at radius 3 is 2.94 bits per heavy atom. The predicted molar refractivity (Wildman–Crippen MR) is 65.5 cm³/mol. The van der Waals surface area contributed by atoms with E-state index in [1.807, 2.05) is 6.07 Å². The third-order valence-electron chi connectivity index (χ3n) is 2.20. The average molecular weight is 238 g/mol. The van der Waals surface area contributed by atoms with E-state index in [2.05, 4.69) is 12.5 Å². The molecule has 1 N–H and O–H groups in total. The van der Waals surface area contributed by atoms with Gasteiger partial charge in [-0.2, -0.15) is 0 Å². The summed E-state index contributed by atoms with van der Waals surface area (Å²) in [6.45, 7) is 2.63. The molecule has 0 aliphatic carbocycles. The van der Waals surface area contributed by atoms with Gasteiger partial charge in [0.25, 0.3) is 0 Å². The first-order chi connectivity index (χ1) is 8.31. The van der Waals surface area contributed by atoms with Gasteiger partial charge in [-0.1, -0.05) is 19.4 Å². The maximum absolute atomic E-state index is 10.9. The zero-order chi connectivity index (χ0) is 12.5. The Morgan fingerprint density at radius 2 is 2.29 bits per heavy atom. The van der Waals surface area contributed by atoms with Crippen molar-refractivity contribution in [2.24, 2.45) is 0 Å². The summed E-state index contributed by atoms with van der Waals surface area (Å²) < 4.78 is 5.08. The minimum Gasteiger partial charge on any atom is -0.497 e. The number of amides is 1. The topological polar surface area (TPSA) is 50.8 Å². The zero-order valence-corrected chi connectivity index (χ0v) is 10.2. The minimum atomic E-state index is 0.560. The number of nitrogens with zero attached hydrogens (tertiary/aromatic N) is 1. The number of hydrazine groups is 1. The molecule has 0 aromatic heterocycles. The van der Waals surface area contributed by atoms with Gasteiger partial charge in [0.15, 0.2) is 0 Å². The van der Waals surface area contributed by atoms with E-state index in [1.165, 1.54) is 5.01 Å². The van der Waals surface area contributed by atoms with Crippen LogP contribution in [0.5, 0.6) is 5.75 Å². The lowest BCUT2D eigenvalue weighted by molar-refractivity contribution is -0.111. The Morgan fingerprint density at radius 1 is 1.47 bits per heavy atom. The van der Waals surface area contributed by atoms with Crippen molar-refractivity contribution >= 4 is 12.1 Å². The van der Waals surface area contributed by atoms with E-state index in [-0.39, 0.29) is 0 Å². The third kappa shape index (κ3) is 4.42. The SMILES string of the molecule is CCCCONN(C=O)c1cccc(OC)c1. The number of methoxy groups -OCH3 is 1. The van der Waals surface area contributed by atoms with E-state index in [0.29, 0.717) is 24.5 Å². The van der Waals surface area contributed by atoms with Crippen LogP contribution >= 0.6 is 0 Å². The molecular formula is C12H18N2O3. The van der Waals surface area contributed by atoms with Crippen molar-refractivity contribution < 1.29 is 14.4 Å². The Hall–Kier alpha value is -1.59. The molecule has 0 heterocycles. The van der Waals surface area contributed by atoms with Gasteiger partial charge in [-0.05, 0) is 18.6 Å². The fourth-order valence-electron chi connectivity index (χ4n) is 1.23. The first-order valence-corrected chi connectivity index (χ1v) is 5.57. The van der Waals surface area contributed by atoms with Gasteiger partial charge in [0, 0.05) is 6.07 Å². The van der Waals surface area contributed by atoms with E-state index >= 15 is 0 Å². The molecule has 5 heteroatoms. The number of carbonyl (C=O) groups excluding carboxylic acids is 1. The maximum atomic E-state index is 10.9. The van der Waals surface area contributed by atoms with Crippen LogP contribution in [0.3, 0.4) is 0 Å². The highest BCUT2D eigenvalue weighted by atomic mass is 16.7. The molecule has 1 aromatic carbocycles. The molecule has 94 valence electrons. The van der Waals surface area contributed by atoms with Crippen molar-refractivity contribution in [2.45, 2.75) is 19.8 Å². The van der Waals surface area contributed by atoms with Gasteiger partial charge in [0.1, 0.15) is 5.75 Å². The lowest BCUT2D eigenvalue weighted by atomic mass is 10.3. The number of hydrogen-bond donors (Lipinski definition) is 1. The van der Waals surface area contributed by atoms with Crippen molar-refractivity contribution in [2.75, 3.05) is 18.7 Å². The monoisotopic (exact) mass is 238 g/mol. The van der Waals surface area contributed by atoms with Crippen molar-refractivity contribution in [3.05, 3.63) is 24.3 Å². The molecule has 0 spiro atoms. The Kier molecular flexibility index (Phi) is 6.06. The van der Waals surface area contributed by atoms with Gasteiger partial charge in [-0.3, -0.25) is 9.63 Å². The van der Waals surface area contributed by atoms with Crippen LogP contribution in [0.15, 0.2) is 24.3 Å². The molecule has 17 heavy (non-hydrogen) atoms. The number of unbranched alkanes of at least 4 members (excludes halogenated alkanes) is 1. The van der Waals surface area contributed by atoms with Gasteiger partial charge in [-0.15, -0.1) is 5.59 Å². The van der Waals surface area contributed by atoms with Crippen LogP contribution < -0.4 is 15.3 Å². The number of carbonyl (C=O) groups is 1. The Bertz CT molecular complexity index is 344. The second kappa shape index (κ2) is 7.65. The molecule has 5 nitrogen and oxygen atoms in total. The Labute approximate surface area is 101 Å². The zero-order valence-electron chi connectivity index (χ0n) is 10.2. The highest BCUT2D eigenvalue weighted by Crippen LogP contribution is 2.18. The molecule has 0 aliphatic heterocycles. The molecule has 1 rings (SSSR count). The summed E-state index contributed by atoms with van der Waals surface area (Å²) in [4.78, 5) is 16.1. The number of benzene rings is 1. The Balaban J connectivity index is 2.56. The van der Waals surface area contributed by atoms with Gasteiger partial charge >= 0.3 is 0 Å². The molecular weight excluding hydrogens is 220 g/mol. The highest BCUT2D eigenvalue weighted by molar-refractivity contribution is 5.74. The standard InChI is InChI=1S/C12H18N2O3/c1-3-4-8-17-13-14(10-15)11-6-5-7-12(9-11)16-2/h5-7,9-10,13H,3-4,8H2,1-2H3. The van der Waals surface area contributed by atoms with Gasteiger partial charge < -0.3 is 4.74 Å². The van der Waals surface area contributed by atoms with E-state index in [4.69, 9.17) is 9.57 Å². The van der Waals surface area contributed by atoms with Gasteiger partial charge in [-0.25, -0.2) is 5.01 Å². The van der Waals surface area contributed by atoms with Crippen molar-refractivity contribution in [3.8, 4) is 5.75 Å². The summed E-state index contributed by atoms with van der Waals surface area (Å²) in [5.41, 5.74) is 3.24. The molecule has 0 fully saturated rings. The lowest BCUT2D eigenvalue weighted by Gasteiger charge is -2.18. The van der Waals surface area contributed by atoms with Crippen LogP contribution in [0.25, 0.3) is 0 Å². The molecule has 0 radical (unpaired) electrons. The number of hydrogen-bond acceptors (Lipinski definition) is 4. The van der Waals surface area contributed by atoms with Crippen LogP contribution in [-0.4, -0.2) is 20.1 Å². The third-order valence-corrected chi connectivity index (χ3v) is 2.20.